The van der Waals surface area contributed by atoms with E-state index in [0.717, 1.165) is 14.2 Å². The highest BCUT2D eigenvalue weighted by molar-refractivity contribution is 6.59. The van der Waals surface area contributed by atoms with Crippen molar-refractivity contribution >= 4 is 69.9 Å². The molecule has 0 fully saturated rings. The molecule has 0 aromatic rings. The number of ether oxygens (including phenoxy) is 2. The van der Waals surface area contributed by atoms with Crippen molar-refractivity contribution in [1.82, 2.24) is 0 Å². The Morgan fingerprint density at radius 2 is 1.25 bits per heavy atom. The molecular formula is C11H7Cl5O4. The molecule has 0 amide bonds. The molecule has 20 heavy (non-hydrogen) atoms. The number of rotatable bonds is 2. The summed E-state index contributed by atoms with van der Waals surface area (Å²) in [6.07, 6.45) is 0. The summed E-state index contributed by atoms with van der Waals surface area (Å²) in [4.78, 5) is 20.5. The summed E-state index contributed by atoms with van der Waals surface area (Å²) in [5.41, 5.74) is -0.504. The van der Waals surface area contributed by atoms with Gasteiger partial charge in [0.25, 0.3) is 0 Å². The molecule has 2 aliphatic rings. The number of fused-ring (bicyclic) bond motifs is 2. The number of methoxy groups -OCH3 is 2. The number of allylic oxidation sites excluding steroid dienone is 2. The summed E-state index contributed by atoms with van der Waals surface area (Å²) in [7, 11) is 2.25. The van der Waals surface area contributed by atoms with Gasteiger partial charge in [-0.25, -0.2) is 9.59 Å². The van der Waals surface area contributed by atoms with Gasteiger partial charge in [0.05, 0.1) is 40.8 Å². The first-order chi connectivity index (χ1) is 9.18. The molecule has 9 heteroatoms. The molecule has 2 rings (SSSR count). The molecular weight excluding hydrogens is 373 g/mol. The maximum Gasteiger partial charge on any atom is 0.336 e. The Labute approximate surface area is 139 Å². The van der Waals surface area contributed by atoms with Gasteiger partial charge in [0.2, 0.25) is 0 Å². The second-order valence-electron chi connectivity index (χ2n) is 4.15. The lowest BCUT2D eigenvalue weighted by Gasteiger charge is -2.24. The highest BCUT2D eigenvalue weighted by Crippen LogP contribution is 2.67. The third-order valence-corrected chi connectivity index (χ3v) is 6.62. The quantitative estimate of drug-likeness (QED) is 0.546. The molecule has 0 aromatic carbocycles. The largest absolute Gasteiger partial charge is 0.466 e. The first kappa shape index (κ1) is 16.2. The number of esters is 2. The lowest BCUT2D eigenvalue weighted by atomic mass is 9.95. The predicted octanol–water partition coefficient (Wildman–Crippen LogP) is 2.91. The van der Waals surface area contributed by atoms with Gasteiger partial charge in [-0.2, -0.15) is 0 Å². The topological polar surface area (TPSA) is 52.6 Å². The lowest BCUT2D eigenvalue weighted by molar-refractivity contribution is -0.139. The van der Waals surface area contributed by atoms with Crippen LogP contribution in [0.5, 0.6) is 0 Å². The van der Waals surface area contributed by atoms with Crippen molar-refractivity contribution in [2.24, 2.45) is 0 Å². The van der Waals surface area contributed by atoms with Crippen molar-refractivity contribution in [2.45, 2.75) is 15.1 Å². The smallest absolute Gasteiger partial charge is 0.336 e. The molecule has 2 atom stereocenters. The number of halogens is 5. The molecule has 0 heterocycles. The minimum absolute atomic E-state index is 0.108. The Balaban J connectivity index is 2.81. The van der Waals surface area contributed by atoms with Crippen LogP contribution in [0, 0.1) is 0 Å². The van der Waals surface area contributed by atoms with Gasteiger partial charge in [0.15, 0.2) is 0 Å². The maximum absolute atomic E-state index is 12.0. The maximum atomic E-state index is 12.0. The molecule has 4 nitrogen and oxygen atoms in total. The monoisotopic (exact) mass is 378 g/mol. The molecule has 0 N–H and O–H groups in total. The average Bonchev–Trinajstić information content (AvgIpc) is 2.70. The first-order valence-corrected chi connectivity index (χ1v) is 7.13. The second-order valence-corrected chi connectivity index (χ2v) is 6.53. The van der Waals surface area contributed by atoms with Crippen LogP contribution in [0.1, 0.15) is 0 Å². The zero-order valence-electron chi connectivity index (χ0n) is 10.1. The minimum atomic E-state index is -1.72. The van der Waals surface area contributed by atoms with Crippen LogP contribution in [0.4, 0.5) is 0 Å². The van der Waals surface area contributed by atoms with Crippen LogP contribution in [0.15, 0.2) is 21.2 Å². The summed E-state index contributed by atoms with van der Waals surface area (Å²) in [6.45, 7) is 0. The second kappa shape index (κ2) is 4.96. The van der Waals surface area contributed by atoms with Crippen molar-refractivity contribution in [3.8, 4) is 0 Å². The summed E-state index contributed by atoms with van der Waals surface area (Å²) in [5.74, 6) is -1.76. The van der Waals surface area contributed by atoms with Gasteiger partial charge in [-0.05, 0) is 0 Å². The van der Waals surface area contributed by atoms with Crippen molar-refractivity contribution in [1.29, 1.82) is 0 Å². The van der Waals surface area contributed by atoms with Gasteiger partial charge in [0, 0.05) is 0 Å². The van der Waals surface area contributed by atoms with Crippen LogP contribution in [-0.2, 0) is 19.1 Å². The molecule has 110 valence electrons. The zero-order chi connectivity index (χ0) is 15.5. The molecule has 2 bridgehead atoms. The summed E-state index contributed by atoms with van der Waals surface area (Å²) in [6, 6.07) is 0. The van der Waals surface area contributed by atoms with Crippen LogP contribution in [0.25, 0.3) is 0 Å². The fourth-order valence-electron chi connectivity index (χ4n) is 2.36. The Kier molecular flexibility index (Phi) is 4.03. The Hall–Kier alpha value is -0.130. The van der Waals surface area contributed by atoms with Crippen molar-refractivity contribution < 1.29 is 19.1 Å². The fourth-order valence-corrected chi connectivity index (χ4v) is 4.62. The van der Waals surface area contributed by atoms with E-state index in [0.29, 0.717) is 0 Å². The predicted molar refractivity (Wildman–Crippen MR) is 76.6 cm³/mol. The molecule has 2 aliphatic carbocycles. The van der Waals surface area contributed by atoms with E-state index in [1.54, 1.807) is 0 Å². The van der Waals surface area contributed by atoms with Crippen LogP contribution < -0.4 is 0 Å². The minimum Gasteiger partial charge on any atom is -0.466 e. The molecule has 0 unspecified atom stereocenters. The molecule has 0 saturated heterocycles. The van der Waals surface area contributed by atoms with Crippen molar-refractivity contribution in [3.05, 3.63) is 21.2 Å². The number of hydrogen-bond donors (Lipinski definition) is 0. The van der Waals surface area contributed by atoms with E-state index in [-0.39, 0.29) is 21.2 Å². The average molecular weight is 380 g/mol. The van der Waals surface area contributed by atoms with Crippen molar-refractivity contribution in [3.63, 3.8) is 0 Å². The van der Waals surface area contributed by atoms with Gasteiger partial charge in [-0.15, -0.1) is 34.8 Å². The van der Waals surface area contributed by atoms with E-state index >= 15 is 0 Å². The van der Waals surface area contributed by atoms with E-state index in [1.165, 1.54) is 0 Å². The number of hydrogen-bond acceptors (Lipinski definition) is 4. The van der Waals surface area contributed by atoms with E-state index in [4.69, 9.17) is 58.0 Å². The molecule has 0 radical (unpaired) electrons. The van der Waals surface area contributed by atoms with Gasteiger partial charge < -0.3 is 9.47 Å². The molecule has 0 spiro atoms. The normalized spacial score (nSPS) is 35.6. The van der Waals surface area contributed by atoms with Gasteiger partial charge in [-0.1, -0.05) is 23.2 Å². The Morgan fingerprint density at radius 1 is 0.950 bits per heavy atom. The van der Waals surface area contributed by atoms with Crippen molar-refractivity contribution in [2.75, 3.05) is 14.2 Å². The van der Waals surface area contributed by atoms with E-state index in [1.807, 2.05) is 0 Å². The van der Waals surface area contributed by atoms with Gasteiger partial charge >= 0.3 is 11.9 Å². The van der Waals surface area contributed by atoms with Crippen LogP contribution in [0.2, 0.25) is 0 Å². The van der Waals surface area contributed by atoms with Gasteiger partial charge in [-0.3, -0.25) is 0 Å². The summed E-state index contributed by atoms with van der Waals surface area (Å²) < 4.78 is 9.25. The zero-order valence-corrected chi connectivity index (χ0v) is 13.9. The Bertz CT molecular complexity index is 535. The fraction of sp³-hybridized carbons (Fsp3) is 0.455. The first-order valence-electron chi connectivity index (χ1n) is 5.18. The van der Waals surface area contributed by atoms with E-state index < -0.39 is 27.1 Å². The standard InChI is InChI=1S/C11H7Cl5O4/c1-19-7(17)3-4(8(18)20-2)11(16)6(13)5(12)10(3,15)9(11)14/h9H,1-2H3/t10-,11-/m1/s1. The third-order valence-electron chi connectivity index (χ3n) is 3.29. The third kappa shape index (κ3) is 1.63. The summed E-state index contributed by atoms with van der Waals surface area (Å²) >= 11 is 31.0. The number of carbonyl (C=O) groups is 2. The SMILES string of the molecule is COC(=O)C1=C(C(=O)OC)[C@@]2(Cl)C(Cl)=C(Cl)[C@@]1(Cl)C2Cl. The van der Waals surface area contributed by atoms with E-state index in [9.17, 15) is 9.59 Å². The lowest BCUT2D eigenvalue weighted by Crippen LogP contribution is -2.37. The van der Waals surface area contributed by atoms with Crippen LogP contribution in [0.3, 0.4) is 0 Å². The van der Waals surface area contributed by atoms with Crippen LogP contribution in [-0.4, -0.2) is 41.3 Å². The number of alkyl halides is 3. The van der Waals surface area contributed by atoms with Crippen LogP contribution >= 0.6 is 58.0 Å². The van der Waals surface area contributed by atoms with Gasteiger partial charge in [0.1, 0.15) is 9.75 Å². The molecule has 0 saturated carbocycles. The van der Waals surface area contributed by atoms with E-state index in [2.05, 4.69) is 9.47 Å². The highest BCUT2D eigenvalue weighted by atomic mass is 35.5. The summed E-state index contributed by atoms with van der Waals surface area (Å²) in [5, 5.41) is -1.35. The number of carbonyl (C=O) groups excluding carboxylic acids is 2. The Morgan fingerprint density at radius 3 is 1.50 bits per heavy atom. The molecule has 0 aromatic heterocycles. The highest BCUT2D eigenvalue weighted by Gasteiger charge is 2.72. The molecule has 0 aliphatic heterocycles.